The van der Waals surface area contributed by atoms with Crippen LogP contribution in [0.25, 0.3) is 6.08 Å². The second kappa shape index (κ2) is 8.93. The maximum Gasteiger partial charge on any atom is 0.338 e. The molecule has 2 aromatic carbocycles. The van der Waals surface area contributed by atoms with Crippen LogP contribution in [0.2, 0.25) is 0 Å². The van der Waals surface area contributed by atoms with Gasteiger partial charge in [-0.15, -0.1) is 0 Å². The normalized spacial score (nSPS) is 19.0. The molecule has 1 heterocycles. The number of carbonyl (C=O) groups is 1. The van der Waals surface area contributed by atoms with Gasteiger partial charge >= 0.3 is 5.97 Å². The van der Waals surface area contributed by atoms with Crippen LogP contribution in [-0.2, 0) is 4.74 Å². The first-order valence-corrected chi connectivity index (χ1v) is 9.67. The Kier molecular flexibility index (Phi) is 6.37. The maximum atomic E-state index is 12.8. The standard InChI is InChI=1S/C23H26O5/c1-3-4-5-9-21-19(24)13-11-16-7-6-8-20(25)22(16)27-17-12-10-15(2)18(14-17)23(26)28-21/h6-8,10-14,19,21,24-25H,3-5,9H2,1-2H3/t19-,21-/m0/s1. The highest BCUT2D eigenvalue weighted by Crippen LogP contribution is 2.36. The molecule has 1 aliphatic heterocycles. The molecule has 28 heavy (non-hydrogen) atoms. The largest absolute Gasteiger partial charge is 0.504 e. The van der Waals surface area contributed by atoms with Crippen molar-refractivity contribution in [1.29, 1.82) is 0 Å². The van der Waals surface area contributed by atoms with Gasteiger partial charge in [0.05, 0.1) is 5.56 Å². The van der Waals surface area contributed by atoms with Crippen molar-refractivity contribution in [3.63, 3.8) is 0 Å². The zero-order chi connectivity index (χ0) is 20.1. The monoisotopic (exact) mass is 382 g/mol. The zero-order valence-corrected chi connectivity index (χ0v) is 16.2. The summed E-state index contributed by atoms with van der Waals surface area (Å²) in [5, 5.41) is 20.9. The van der Waals surface area contributed by atoms with Crippen LogP contribution in [-0.4, -0.2) is 28.4 Å². The number of para-hydroxylation sites is 1. The highest BCUT2D eigenvalue weighted by atomic mass is 16.6. The van der Waals surface area contributed by atoms with Gasteiger partial charge in [0.1, 0.15) is 18.0 Å². The van der Waals surface area contributed by atoms with Gasteiger partial charge < -0.3 is 19.7 Å². The Bertz CT molecular complexity index is 871. The van der Waals surface area contributed by atoms with Crippen LogP contribution in [0, 0.1) is 6.92 Å². The van der Waals surface area contributed by atoms with Crippen molar-refractivity contribution in [2.45, 2.75) is 51.7 Å². The first-order chi connectivity index (χ1) is 13.5. The van der Waals surface area contributed by atoms with Gasteiger partial charge in [-0.05, 0) is 43.5 Å². The second-order valence-corrected chi connectivity index (χ2v) is 7.06. The Morgan fingerprint density at radius 1 is 1.14 bits per heavy atom. The Hall–Kier alpha value is -2.79. The molecule has 148 valence electrons. The summed E-state index contributed by atoms with van der Waals surface area (Å²) in [6.07, 6.45) is 5.14. The van der Waals surface area contributed by atoms with Gasteiger partial charge in [-0.3, -0.25) is 0 Å². The summed E-state index contributed by atoms with van der Waals surface area (Å²) in [7, 11) is 0. The zero-order valence-electron chi connectivity index (χ0n) is 16.2. The van der Waals surface area contributed by atoms with E-state index in [2.05, 4.69) is 6.92 Å². The number of rotatable bonds is 4. The Morgan fingerprint density at radius 2 is 1.96 bits per heavy atom. The van der Waals surface area contributed by atoms with Crippen molar-refractivity contribution in [3.8, 4) is 17.2 Å². The first kappa shape index (κ1) is 20.0. The van der Waals surface area contributed by atoms with Crippen molar-refractivity contribution in [1.82, 2.24) is 0 Å². The summed E-state index contributed by atoms with van der Waals surface area (Å²) < 4.78 is 11.5. The predicted molar refractivity (Wildman–Crippen MR) is 108 cm³/mol. The number of hydrogen-bond acceptors (Lipinski definition) is 5. The van der Waals surface area contributed by atoms with Crippen molar-refractivity contribution in [3.05, 3.63) is 59.2 Å². The van der Waals surface area contributed by atoms with Crippen LogP contribution in [0.15, 0.2) is 42.5 Å². The average Bonchev–Trinajstić information content (AvgIpc) is 2.68. The Morgan fingerprint density at radius 3 is 2.75 bits per heavy atom. The van der Waals surface area contributed by atoms with Gasteiger partial charge in [0.25, 0.3) is 0 Å². The topological polar surface area (TPSA) is 76.0 Å². The number of phenolic OH excluding ortho intramolecular Hbond substituents is 1. The molecular formula is C23H26O5. The van der Waals surface area contributed by atoms with E-state index >= 15 is 0 Å². The van der Waals surface area contributed by atoms with Crippen molar-refractivity contribution >= 4 is 12.0 Å². The van der Waals surface area contributed by atoms with Gasteiger partial charge in [-0.25, -0.2) is 4.79 Å². The fourth-order valence-corrected chi connectivity index (χ4v) is 3.21. The average molecular weight is 382 g/mol. The van der Waals surface area contributed by atoms with Crippen LogP contribution < -0.4 is 4.74 Å². The van der Waals surface area contributed by atoms with E-state index in [1.54, 1.807) is 42.5 Å². The summed E-state index contributed by atoms with van der Waals surface area (Å²) in [5.41, 5.74) is 1.76. The quantitative estimate of drug-likeness (QED) is 0.576. The predicted octanol–water partition coefficient (Wildman–Crippen LogP) is 4.99. The summed E-state index contributed by atoms with van der Waals surface area (Å²) in [6, 6.07) is 10.2. The lowest BCUT2D eigenvalue weighted by molar-refractivity contribution is -0.00748. The number of unbranched alkanes of at least 4 members (excludes halogenated alkanes) is 2. The maximum absolute atomic E-state index is 12.8. The fourth-order valence-electron chi connectivity index (χ4n) is 3.21. The molecule has 5 heteroatoms. The molecule has 0 saturated carbocycles. The van der Waals surface area contributed by atoms with Gasteiger partial charge in [0.15, 0.2) is 11.5 Å². The second-order valence-electron chi connectivity index (χ2n) is 7.06. The lowest BCUT2D eigenvalue weighted by Crippen LogP contribution is -2.30. The van der Waals surface area contributed by atoms with Crippen LogP contribution in [0.1, 0.15) is 54.1 Å². The number of cyclic esters (lactones) is 1. The molecule has 3 rings (SSSR count). The Balaban J connectivity index is 2.05. The summed E-state index contributed by atoms with van der Waals surface area (Å²) >= 11 is 0. The third-order valence-corrected chi connectivity index (χ3v) is 4.88. The van der Waals surface area contributed by atoms with E-state index in [0.717, 1.165) is 24.8 Å². The van der Waals surface area contributed by atoms with E-state index < -0.39 is 18.2 Å². The molecule has 2 atom stereocenters. The highest BCUT2D eigenvalue weighted by Gasteiger charge is 2.24. The molecule has 0 aromatic heterocycles. The minimum absolute atomic E-state index is 0.0158. The number of carbonyl (C=O) groups excluding carboxylic acids is 1. The fraction of sp³-hybridized carbons (Fsp3) is 0.348. The number of benzene rings is 2. The summed E-state index contributed by atoms with van der Waals surface area (Å²) in [5.74, 6) is 0.197. The lowest BCUT2D eigenvalue weighted by Gasteiger charge is -2.23. The molecular weight excluding hydrogens is 356 g/mol. The molecule has 0 spiro atoms. The molecule has 0 radical (unpaired) electrons. The third kappa shape index (κ3) is 4.54. The van der Waals surface area contributed by atoms with Gasteiger partial charge in [-0.1, -0.05) is 50.1 Å². The van der Waals surface area contributed by atoms with E-state index in [-0.39, 0.29) is 11.5 Å². The minimum atomic E-state index is -0.959. The lowest BCUT2D eigenvalue weighted by atomic mass is 10.0. The van der Waals surface area contributed by atoms with Crippen LogP contribution >= 0.6 is 0 Å². The molecule has 0 amide bonds. The van der Waals surface area contributed by atoms with Crippen LogP contribution in [0.4, 0.5) is 0 Å². The molecule has 5 nitrogen and oxygen atoms in total. The Labute approximate surface area is 165 Å². The number of ether oxygens (including phenoxy) is 2. The molecule has 0 unspecified atom stereocenters. The summed E-state index contributed by atoms with van der Waals surface area (Å²) in [6.45, 7) is 3.92. The van der Waals surface area contributed by atoms with E-state index in [0.29, 0.717) is 23.3 Å². The smallest absolute Gasteiger partial charge is 0.338 e. The van der Waals surface area contributed by atoms with E-state index in [1.165, 1.54) is 6.07 Å². The number of aliphatic hydroxyl groups excluding tert-OH is 1. The number of aliphatic hydroxyl groups is 1. The van der Waals surface area contributed by atoms with Crippen molar-refractivity contribution in [2.75, 3.05) is 0 Å². The number of esters is 1. The number of aryl methyl sites for hydroxylation is 1. The summed E-state index contributed by atoms with van der Waals surface area (Å²) in [4.78, 5) is 12.8. The van der Waals surface area contributed by atoms with Crippen LogP contribution in [0.3, 0.4) is 0 Å². The number of hydrogen-bond donors (Lipinski definition) is 2. The first-order valence-electron chi connectivity index (χ1n) is 9.67. The highest BCUT2D eigenvalue weighted by molar-refractivity contribution is 5.91. The minimum Gasteiger partial charge on any atom is -0.504 e. The molecule has 2 bridgehead atoms. The number of fused-ring (bicyclic) bond motifs is 3. The van der Waals surface area contributed by atoms with Gasteiger partial charge in [-0.2, -0.15) is 0 Å². The van der Waals surface area contributed by atoms with Crippen molar-refractivity contribution < 1.29 is 24.5 Å². The van der Waals surface area contributed by atoms with E-state index in [9.17, 15) is 15.0 Å². The number of phenols is 1. The molecule has 1 aliphatic rings. The molecule has 0 aliphatic carbocycles. The SMILES string of the molecule is CCCCC[C@@H]1OC(=O)c2cc(ccc2C)Oc2c(O)cccc2C=C[C@@H]1O. The molecule has 2 aromatic rings. The van der Waals surface area contributed by atoms with Gasteiger partial charge in [0.2, 0.25) is 0 Å². The molecule has 0 fully saturated rings. The van der Waals surface area contributed by atoms with Crippen LogP contribution in [0.5, 0.6) is 17.2 Å². The van der Waals surface area contributed by atoms with E-state index in [4.69, 9.17) is 9.47 Å². The molecule has 2 N–H and O–H groups in total. The number of aromatic hydroxyl groups is 1. The van der Waals surface area contributed by atoms with Crippen molar-refractivity contribution in [2.24, 2.45) is 0 Å². The van der Waals surface area contributed by atoms with E-state index in [1.807, 2.05) is 6.92 Å². The molecule has 0 saturated heterocycles. The third-order valence-electron chi connectivity index (χ3n) is 4.88. The van der Waals surface area contributed by atoms with Gasteiger partial charge in [0, 0.05) is 5.56 Å².